The molecule has 0 aliphatic carbocycles. The van der Waals surface area contributed by atoms with E-state index in [-0.39, 0.29) is 17.6 Å². The normalized spacial score (nSPS) is 22.4. The lowest BCUT2D eigenvalue weighted by Crippen LogP contribution is -2.50. The molecule has 0 saturated carbocycles. The van der Waals surface area contributed by atoms with Crippen molar-refractivity contribution < 1.29 is 19.1 Å². The summed E-state index contributed by atoms with van der Waals surface area (Å²) >= 11 is 7.46. The summed E-state index contributed by atoms with van der Waals surface area (Å²) in [7, 11) is 0. The van der Waals surface area contributed by atoms with Gasteiger partial charge in [-0.25, -0.2) is 4.79 Å². The monoisotopic (exact) mass is 453 g/mol. The molecular formula is C21H28ClN3O4S. The predicted molar refractivity (Wildman–Crippen MR) is 118 cm³/mol. The van der Waals surface area contributed by atoms with Crippen molar-refractivity contribution in [3.63, 3.8) is 0 Å². The van der Waals surface area contributed by atoms with E-state index in [1.165, 1.54) is 11.8 Å². The smallest absolute Gasteiger partial charge is 0.410 e. The number of carbonyl (C=O) groups is 2. The van der Waals surface area contributed by atoms with Crippen LogP contribution in [0.3, 0.4) is 0 Å². The molecule has 2 N–H and O–H groups in total. The van der Waals surface area contributed by atoms with Crippen molar-refractivity contribution in [2.45, 2.75) is 44.8 Å². The van der Waals surface area contributed by atoms with Crippen molar-refractivity contribution >= 4 is 35.4 Å². The first-order chi connectivity index (χ1) is 14.0. The summed E-state index contributed by atoms with van der Waals surface area (Å²) < 4.78 is 11.4. The molecule has 1 saturated heterocycles. The van der Waals surface area contributed by atoms with Crippen LogP contribution in [0.5, 0.6) is 0 Å². The number of rotatable bonds is 4. The van der Waals surface area contributed by atoms with Gasteiger partial charge in [0.15, 0.2) is 0 Å². The van der Waals surface area contributed by atoms with Crippen molar-refractivity contribution in [1.82, 2.24) is 9.80 Å². The lowest BCUT2D eigenvalue weighted by Gasteiger charge is -2.37. The molecule has 164 valence electrons. The lowest BCUT2D eigenvalue weighted by atomic mass is 10.1. The molecule has 30 heavy (non-hydrogen) atoms. The number of amides is 2. The summed E-state index contributed by atoms with van der Waals surface area (Å²) in [6.07, 6.45) is -0.560. The molecule has 2 unspecified atom stereocenters. The van der Waals surface area contributed by atoms with Gasteiger partial charge in [-0.1, -0.05) is 35.5 Å². The summed E-state index contributed by atoms with van der Waals surface area (Å²) in [4.78, 5) is 28.7. The average molecular weight is 454 g/mol. The fourth-order valence-corrected chi connectivity index (χ4v) is 4.87. The predicted octanol–water partition coefficient (Wildman–Crippen LogP) is 3.74. The summed E-state index contributed by atoms with van der Waals surface area (Å²) in [6.45, 7) is 9.29. The maximum Gasteiger partial charge on any atom is 0.410 e. The van der Waals surface area contributed by atoms with Gasteiger partial charge in [0, 0.05) is 23.8 Å². The number of halogens is 1. The molecule has 0 spiro atoms. The van der Waals surface area contributed by atoms with Gasteiger partial charge in [0.05, 0.1) is 24.2 Å². The molecule has 9 heteroatoms. The molecule has 2 amide bonds. The van der Waals surface area contributed by atoms with Crippen LogP contribution < -0.4 is 5.73 Å². The number of carbonyl (C=O) groups excluding carboxylic acids is 2. The van der Waals surface area contributed by atoms with Crippen LogP contribution in [0.1, 0.15) is 38.6 Å². The zero-order valence-electron chi connectivity index (χ0n) is 17.7. The van der Waals surface area contributed by atoms with Crippen LogP contribution in [0.4, 0.5) is 4.79 Å². The first-order valence-corrected chi connectivity index (χ1v) is 11.1. The quantitative estimate of drug-likeness (QED) is 0.747. The molecule has 3 rings (SSSR count). The van der Waals surface area contributed by atoms with Crippen molar-refractivity contribution in [3.05, 3.63) is 45.5 Å². The van der Waals surface area contributed by atoms with Crippen LogP contribution in [0.15, 0.2) is 34.9 Å². The molecule has 0 bridgehead atoms. The third-order valence-corrected chi connectivity index (χ3v) is 6.58. The molecule has 0 radical (unpaired) electrons. The van der Waals surface area contributed by atoms with Crippen LogP contribution in [0, 0.1) is 0 Å². The van der Waals surface area contributed by atoms with E-state index in [2.05, 4.69) is 4.90 Å². The Labute approximate surface area is 186 Å². The lowest BCUT2D eigenvalue weighted by molar-refractivity contribution is -0.114. The highest BCUT2D eigenvalue weighted by molar-refractivity contribution is 8.04. The number of hydrogen-bond donors (Lipinski definition) is 1. The minimum absolute atomic E-state index is 0.120. The molecule has 0 aromatic heterocycles. The average Bonchev–Trinajstić information content (AvgIpc) is 2.98. The Morgan fingerprint density at radius 2 is 1.97 bits per heavy atom. The second-order valence-corrected chi connectivity index (χ2v) is 9.90. The number of benzene rings is 1. The Morgan fingerprint density at radius 3 is 2.57 bits per heavy atom. The number of allylic oxidation sites excluding steroid dienone is 1. The minimum Gasteiger partial charge on any atom is -0.444 e. The van der Waals surface area contributed by atoms with Gasteiger partial charge in [0.1, 0.15) is 11.0 Å². The molecule has 2 aliphatic rings. The van der Waals surface area contributed by atoms with E-state index in [4.69, 9.17) is 26.8 Å². The van der Waals surface area contributed by atoms with Crippen molar-refractivity contribution in [1.29, 1.82) is 0 Å². The van der Waals surface area contributed by atoms with E-state index in [0.717, 1.165) is 11.3 Å². The number of morpholine rings is 1. The SMILES string of the molecule is CC1=C(C(N)=O)SC(c2ccc(Cl)cc2)N1CC1CN(C(=O)OC(C)(C)C)CCO1. The number of nitrogens with two attached hydrogens (primary N) is 1. The van der Waals surface area contributed by atoms with Crippen LogP contribution in [0.2, 0.25) is 5.02 Å². The molecule has 7 nitrogen and oxygen atoms in total. The zero-order valence-corrected chi connectivity index (χ0v) is 19.3. The molecule has 1 fully saturated rings. The number of ether oxygens (including phenoxy) is 2. The van der Waals surface area contributed by atoms with Crippen molar-refractivity contribution in [2.75, 3.05) is 26.2 Å². The van der Waals surface area contributed by atoms with E-state index < -0.39 is 11.5 Å². The van der Waals surface area contributed by atoms with Gasteiger partial charge in [-0.3, -0.25) is 4.79 Å². The van der Waals surface area contributed by atoms with Gasteiger partial charge >= 0.3 is 6.09 Å². The second kappa shape index (κ2) is 9.08. The maximum atomic E-state index is 12.5. The zero-order chi connectivity index (χ0) is 22.1. The van der Waals surface area contributed by atoms with Crippen LogP contribution >= 0.6 is 23.4 Å². The summed E-state index contributed by atoms with van der Waals surface area (Å²) in [5, 5.41) is 0.530. The highest BCUT2D eigenvalue weighted by Crippen LogP contribution is 2.47. The molecule has 1 aromatic carbocycles. The fourth-order valence-electron chi connectivity index (χ4n) is 3.45. The number of primary amides is 1. The summed E-state index contributed by atoms with van der Waals surface area (Å²) in [5.74, 6) is -0.445. The molecule has 2 atom stereocenters. The second-order valence-electron chi connectivity index (χ2n) is 8.37. The van der Waals surface area contributed by atoms with E-state index in [0.29, 0.717) is 36.2 Å². The van der Waals surface area contributed by atoms with Gasteiger partial charge in [-0.05, 0) is 45.4 Å². The topological polar surface area (TPSA) is 85.1 Å². The minimum atomic E-state index is -0.550. The Morgan fingerprint density at radius 1 is 1.30 bits per heavy atom. The third kappa shape index (κ3) is 5.42. The Bertz CT molecular complexity index is 838. The van der Waals surface area contributed by atoms with Crippen LogP contribution in [0.25, 0.3) is 0 Å². The Kier molecular flexibility index (Phi) is 6.89. The van der Waals surface area contributed by atoms with E-state index >= 15 is 0 Å². The van der Waals surface area contributed by atoms with Crippen LogP contribution in [-0.4, -0.2) is 59.7 Å². The van der Waals surface area contributed by atoms with E-state index in [9.17, 15) is 9.59 Å². The van der Waals surface area contributed by atoms with Crippen LogP contribution in [-0.2, 0) is 14.3 Å². The van der Waals surface area contributed by atoms with Gasteiger partial charge in [-0.15, -0.1) is 0 Å². The largest absolute Gasteiger partial charge is 0.444 e. The first kappa shape index (κ1) is 22.8. The highest BCUT2D eigenvalue weighted by atomic mass is 35.5. The number of thioether (sulfide) groups is 1. The fraction of sp³-hybridized carbons (Fsp3) is 0.524. The standard InChI is InChI=1S/C21H28ClN3O4S/c1-13-17(18(23)26)30-19(14-5-7-15(22)8-6-14)25(13)12-16-11-24(9-10-28-16)20(27)29-21(2,3)4/h5-8,16,19H,9-12H2,1-4H3,(H2,23,26). The maximum absolute atomic E-state index is 12.5. The summed E-state index contributed by atoms with van der Waals surface area (Å²) in [6, 6.07) is 7.54. The Hall–Kier alpha value is -1.90. The van der Waals surface area contributed by atoms with Crippen molar-refractivity contribution in [3.8, 4) is 0 Å². The first-order valence-electron chi connectivity index (χ1n) is 9.84. The van der Waals surface area contributed by atoms with Gasteiger partial charge < -0.3 is 25.0 Å². The van der Waals surface area contributed by atoms with Gasteiger partial charge in [0.2, 0.25) is 0 Å². The Balaban J connectivity index is 1.76. The highest BCUT2D eigenvalue weighted by Gasteiger charge is 2.37. The van der Waals surface area contributed by atoms with Gasteiger partial charge in [0.25, 0.3) is 5.91 Å². The molecular weight excluding hydrogens is 426 g/mol. The van der Waals surface area contributed by atoms with Crippen molar-refractivity contribution in [2.24, 2.45) is 5.73 Å². The van der Waals surface area contributed by atoms with E-state index in [1.54, 1.807) is 4.90 Å². The molecule has 1 aromatic rings. The number of hydrogen-bond acceptors (Lipinski definition) is 6. The van der Waals surface area contributed by atoms with Gasteiger partial charge in [-0.2, -0.15) is 0 Å². The van der Waals surface area contributed by atoms with E-state index in [1.807, 2.05) is 52.0 Å². The number of nitrogens with zero attached hydrogens (tertiary/aromatic N) is 2. The molecule has 2 heterocycles. The molecule has 2 aliphatic heterocycles. The summed E-state index contributed by atoms with van der Waals surface area (Å²) in [5.41, 5.74) is 6.88. The third-order valence-electron chi connectivity index (χ3n) is 4.84.